The molecule has 3 nitrogen and oxygen atoms in total. The highest BCUT2D eigenvalue weighted by molar-refractivity contribution is 5.05. The monoisotopic (exact) mass is 288 g/mol. The molecule has 0 amide bonds. The van der Waals surface area contributed by atoms with Gasteiger partial charge in [0.1, 0.15) is 6.10 Å². The predicted molar refractivity (Wildman–Crippen MR) is 84.3 cm³/mol. The molecule has 2 aliphatic rings. The third kappa shape index (κ3) is 3.96. The topological polar surface area (TPSA) is 35.0 Å². The molecule has 0 aromatic carbocycles. The highest BCUT2D eigenvalue weighted by atomic mass is 16.5. The van der Waals surface area contributed by atoms with Crippen LogP contribution in [0.2, 0.25) is 0 Å². The van der Waals surface area contributed by atoms with E-state index in [1.165, 1.54) is 51.4 Å². The maximum Gasteiger partial charge on any atom is 0.316 e. The second-order valence-corrected chi connectivity index (χ2v) is 7.22. The molecule has 1 aromatic rings. The van der Waals surface area contributed by atoms with Crippen LogP contribution in [0, 0.1) is 24.7 Å². The Morgan fingerprint density at radius 3 is 1.95 bits per heavy atom. The van der Waals surface area contributed by atoms with Gasteiger partial charge < -0.3 is 4.74 Å². The molecule has 2 aliphatic carbocycles. The number of rotatable bonds is 3. The first kappa shape index (κ1) is 14.8. The molecule has 0 saturated heterocycles. The fraction of sp³-hybridized carbons (Fsp3) is 0.778. The quantitative estimate of drug-likeness (QED) is 0.818. The molecule has 116 valence electrons. The molecular weight excluding hydrogens is 260 g/mol. The van der Waals surface area contributed by atoms with Crippen molar-refractivity contribution in [3.8, 4) is 6.01 Å². The summed E-state index contributed by atoms with van der Waals surface area (Å²) in [4.78, 5) is 8.51. The molecule has 0 aliphatic heterocycles. The van der Waals surface area contributed by atoms with Gasteiger partial charge in [-0.3, -0.25) is 0 Å². The third-order valence-electron chi connectivity index (χ3n) is 5.48. The van der Waals surface area contributed by atoms with Gasteiger partial charge in [-0.05, 0) is 68.8 Å². The van der Waals surface area contributed by atoms with Crippen LogP contribution >= 0.6 is 0 Å². The Kier molecular flexibility index (Phi) is 4.77. The van der Waals surface area contributed by atoms with Crippen LogP contribution in [-0.2, 0) is 0 Å². The van der Waals surface area contributed by atoms with E-state index in [0.717, 1.165) is 23.3 Å². The molecule has 0 bridgehead atoms. The Labute approximate surface area is 128 Å². The van der Waals surface area contributed by atoms with E-state index in [9.17, 15) is 0 Å². The SMILES string of the molecule is Cc1cnc(OC2CCC(C3CCC(C)CC3)CC2)nc1. The number of hydrogen-bond donors (Lipinski definition) is 0. The van der Waals surface area contributed by atoms with Gasteiger partial charge in [0.15, 0.2) is 0 Å². The van der Waals surface area contributed by atoms with E-state index in [1.807, 2.05) is 19.3 Å². The molecule has 0 radical (unpaired) electrons. The standard InChI is InChI=1S/C18H28N2O/c1-13-3-5-15(6-4-13)16-7-9-17(10-8-16)21-18-19-11-14(2)12-20-18/h11-13,15-17H,3-10H2,1-2H3. The van der Waals surface area contributed by atoms with Crippen LogP contribution < -0.4 is 4.74 Å². The summed E-state index contributed by atoms with van der Waals surface area (Å²) in [6.45, 7) is 4.41. The van der Waals surface area contributed by atoms with Crippen LogP contribution in [0.3, 0.4) is 0 Å². The number of ether oxygens (including phenoxy) is 1. The zero-order valence-corrected chi connectivity index (χ0v) is 13.4. The van der Waals surface area contributed by atoms with Gasteiger partial charge in [0, 0.05) is 12.4 Å². The van der Waals surface area contributed by atoms with Crippen molar-refractivity contribution < 1.29 is 4.74 Å². The van der Waals surface area contributed by atoms with Crippen molar-refractivity contribution in [1.29, 1.82) is 0 Å². The van der Waals surface area contributed by atoms with E-state index in [4.69, 9.17) is 4.74 Å². The van der Waals surface area contributed by atoms with Crippen molar-refractivity contribution in [3.63, 3.8) is 0 Å². The molecule has 0 atom stereocenters. The Hall–Kier alpha value is -1.12. The van der Waals surface area contributed by atoms with Gasteiger partial charge in [0.05, 0.1) is 0 Å². The van der Waals surface area contributed by atoms with Crippen molar-refractivity contribution in [2.45, 2.75) is 71.3 Å². The van der Waals surface area contributed by atoms with Crippen LogP contribution in [0.25, 0.3) is 0 Å². The average Bonchev–Trinajstić information content (AvgIpc) is 2.51. The molecule has 1 aromatic heterocycles. The maximum atomic E-state index is 5.94. The van der Waals surface area contributed by atoms with Crippen LogP contribution in [0.15, 0.2) is 12.4 Å². The fourth-order valence-corrected chi connectivity index (χ4v) is 4.03. The Morgan fingerprint density at radius 1 is 0.857 bits per heavy atom. The predicted octanol–water partition coefficient (Wildman–Crippen LogP) is 4.55. The van der Waals surface area contributed by atoms with Crippen LogP contribution in [0.4, 0.5) is 0 Å². The van der Waals surface area contributed by atoms with E-state index in [0.29, 0.717) is 12.1 Å². The fourth-order valence-electron chi connectivity index (χ4n) is 4.03. The van der Waals surface area contributed by atoms with Crippen molar-refractivity contribution >= 4 is 0 Å². The molecular formula is C18H28N2O. The minimum absolute atomic E-state index is 0.325. The first-order valence-corrected chi connectivity index (χ1v) is 8.66. The summed E-state index contributed by atoms with van der Waals surface area (Å²) < 4.78 is 5.94. The summed E-state index contributed by atoms with van der Waals surface area (Å²) in [7, 11) is 0. The van der Waals surface area contributed by atoms with Crippen LogP contribution in [0.1, 0.15) is 63.9 Å². The summed E-state index contributed by atoms with van der Waals surface area (Å²) in [6.07, 6.45) is 14.8. The Balaban J connectivity index is 1.45. The second kappa shape index (κ2) is 6.76. The highest BCUT2D eigenvalue weighted by Crippen LogP contribution is 2.40. The minimum Gasteiger partial charge on any atom is -0.460 e. The number of nitrogens with zero attached hydrogens (tertiary/aromatic N) is 2. The summed E-state index contributed by atoms with van der Waals surface area (Å²) in [6, 6.07) is 0.551. The van der Waals surface area contributed by atoms with E-state index < -0.39 is 0 Å². The van der Waals surface area contributed by atoms with Gasteiger partial charge in [-0.2, -0.15) is 0 Å². The van der Waals surface area contributed by atoms with E-state index in [2.05, 4.69) is 16.9 Å². The summed E-state index contributed by atoms with van der Waals surface area (Å²) in [5.74, 6) is 2.88. The van der Waals surface area contributed by atoms with Gasteiger partial charge in [-0.25, -0.2) is 9.97 Å². The molecule has 21 heavy (non-hydrogen) atoms. The minimum atomic E-state index is 0.325. The largest absolute Gasteiger partial charge is 0.460 e. The van der Waals surface area contributed by atoms with Gasteiger partial charge >= 0.3 is 6.01 Å². The highest BCUT2D eigenvalue weighted by Gasteiger charge is 2.30. The molecule has 0 unspecified atom stereocenters. The van der Waals surface area contributed by atoms with Crippen molar-refractivity contribution in [1.82, 2.24) is 9.97 Å². The maximum absolute atomic E-state index is 5.94. The average molecular weight is 288 g/mol. The molecule has 2 fully saturated rings. The lowest BCUT2D eigenvalue weighted by Gasteiger charge is -2.37. The number of aryl methyl sites for hydroxylation is 1. The Bertz CT molecular complexity index is 429. The van der Waals surface area contributed by atoms with Gasteiger partial charge in [0.25, 0.3) is 0 Å². The van der Waals surface area contributed by atoms with Crippen molar-refractivity contribution in [2.75, 3.05) is 0 Å². The molecule has 3 rings (SSSR count). The first-order chi connectivity index (χ1) is 10.2. The zero-order chi connectivity index (χ0) is 14.7. The lowest BCUT2D eigenvalue weighted by molar-refractivity contribution is 0.0870. The molecule has 0 N–H and O–H groups in total. The molecule has 0 spiro atoms. The van der Waals surface area contributed by atoms with Gasteiger partial charge in [-0.1, -0.05) is 19.8 Å². The van der Waals surface area contributed by atoms with Crippen LogP contribution in [0.5, 0.6) is 6.01 Å². The number of hydrogen-bond acceptors (Lipinski definition) is 3. The van der Waals surface area contributed by atoms with E-state index in [1.54, 1.807) is 0 Å². The molecule has 3 heteroatoms. The first-order valence-electron chi connectivity index (χ1n) is 8.66. The second-order valence-electron chi connectivity index (χ2n) is 7.22. The normalized spacial score (nSPS) is 33.6. The molecule has 1 heterocycles. The van der Waals surface area contributed by atoms with E-state index >= 15 is 0 Å². The van der Waals surface area contributed by atoms with Crippen molar-refractivity contribution in [2.24, 2.45) is 17.8 Å². The van der Waals surface area contributed by atoms with Crippen LogP contribution in [-0.4, -0.2) is 16.1 Å². The number of aromatic nitrogens is 2. The summed E-state index contributed by atoms with van der Waals surface area (Å²) >= 11 is 0. The lowest BCUT2D eigenvalue weighted by atomic mass is 9.71. The third-order valence-corrected chi connectivity index (χ3v) is 5.48. The van der Waals surface area contributed by atoms with E-state index in [-0.39, 0.29) is 0 Å². The zero-order valence-electron chi connectivity index (χ0n) is 13.4. The Morgan fingerprint density at radius 2 is 1.38 bits per heavy atom. The molecule has 2 saturated carbocycles. The van der Waals surface area contributed by atoms with Crippen molar-refractivity contribution in [3.05, 3.63) is 18.0 Å². The van der Waals surface area contributed by atoms with Gasteiger partial charge in [-0.15, -0.1) is 0 Å². The smallest absolute Gasteiger partial charge is 0.316 e. The summed E-state index contributed by atoms with van der Waals surface area (Å²) in [5, 5.41) is 0. The lowest BCUT2D eigenvalue weighted by Crippen LogP contribution is -2.30. The van der Waals surface area contributed by atoms with Gasteiger partial charge in [0.2, 0.25) is 0 Å². The summed E-state index contributed by atoms with van der Waals surface area (Å²) in [5.41, 5.74) is 1.08.